The summed E-state index contributed by atoms with van der Waals surface area (Å²) in [5.41, 5.74) is 6.79. The van der Waals surface area contributed by atoms with E-state index in [0.717, 1.165) is 11.1 Å². The van der Waals surface area contributed by atoms with Crippen LogP contribution in [-0.4, -0.2) is 16.6 Å². The number of ketones is 2. The van der Waals surface area contributed by atoms with Gasteiger partial charge in [-0.1, -0.05) is 84.0 Å². The van der Waals surface area contributed by atoms with Gasteiger partial charge < -0.3 is 0 Å². The van der Waals surface area contributed by atoms with Crippen molar-refractivity contribution >= 4 is 34.3 Å². The molecular formula is C41H41N5O2. The van der Waals surface area contributed by atoms with Crippen LogP contribution in [0.2, 0.25) is 0 Å². The summed E-state index contributed by atoms with van der Waals surface area (Å²) in [6.07, 6.45) is 7.48. The molecule has 0 saturated carbocycles. The van der Waals surface area contributed by atoms with Gasteiger partial charge in [0.2, 0.25) is 0 Å². The molecule has 5 rings (SSSR count). The van der Waals surface area contributed by atoms with Crippen molar-refractivity contribution in [3.8, 4) is 0 Å². The molecule has 0 saturated heterocycles. The Hall–Kier alpha value is -5.43. The van der Waals surface area contributed by atoms with Crippen molar-refractivity contribution in [1.82, 2.24) is 4.98 Å². The zero-order valence-electron chi connectivity index (χ0n) is 28.9. The molecule has 0 fully saturated rings. The number of rotatable bonds is 6. The quantitative estimate of drug-likeness (QED) is 0.252. The van der Waals surface area contributed by atoms with E-state index in [1.54, 1.807) is 0 Å². The summed E-state index contributed by atoms with van der Waals surface area (Å²) in [7, 11) is 0. The van der Waals surface area contributed by atoms with Crippen LogP contribution in [0.25, 0.3) is 11.4 Å². The molecule has 0 radical (unpaired) electrons. The van der Waals surface area contributed by atoms with E-state index in [4.69, 9.17) is 15.2 Å². The van der Waals surface area contributed by atoms with Crippen LogP contribution in [0.15, 0.2) is 157 Å². The van der Waals surface area contributed by atoms with Crippen LogP contribution in [-0.2, 0) is 9.59 Å². The average molecular weight is 636 g/mol. The summed E-state index contributed by atoms with van der Waals surface area (Å²) in [4.78, 5) is 31.5. The van der Waals surface area contributed by atoms with Gasteiger partial charge in [0.15, 0.2) is 11.6 Å². The van der Waals surface area contributed by atoms with E-state index in [0.29, 0.717) is 56.4 Å². The largest absolute Gasteiger partial charge is 0.289 e. The van der Waals surface area contributed by atoms with Gasteiger partial charge in [-0.2, -0.15) is 10.2 Å². The first-order chi connectivity index (χ1) is 22.7. The number of hydrogen-bond acceptors (Lipinski definition) is 7. The summed E-state index contributed by atoms with van der Waals surface area (Å²) >= 11 is 0. The van der Waals surface area contributed by atoms with Crippen LogP contribution >= 0.6 is 0 Å². The molecule has 0 unspecified atom stereocenters. The van der Waals surface area contributed by atoms with Gasteiger partial charge >= 0.3 is 0 Å². The maximum atomic E-state index is 13.2. The molecule has 2 aromatic carbocycles. The molecule has 0 N–H and O–H groups in total. The second-order valence-corrected chi connectivity index (χ2v) is 14.0. The van der Waals surface area contributed by atoms with Gasteiger partial charge in [0.05, 0.1) is 22.8 Å². The van der Waals surface area contributed by atoms with Gasteiger partial charge in [0, 0.05) is 22.3 Å². The Morgan fingerprint density at radius 3 is 1.25 bits per heavy atom. The van der Waals surface area contributed by atoms with E-state index in [1.807, 2.05) is 159 Å². The van der Waals surface area contributed by atoms with E-state index < -0.39 is 0 Å². The number of pyridine rings is 1. The molecular weight excluding hydrogens is 594 g/mol. The Morgan fingerprint density at radius 2 is 0.896 bits per heavy atom. The fraction of sp³-hybridized carbons (Fsp3) is 0.244. The lowest BCUT2D eigenvalue weighted by Gasteiger charge is -2.25. The second kappa shape index (κ2) is 13.7. The number of azo groups is 2. The van der Waals surface area contributed by atoms with Crippen molar-refractivity contribution in [2.75, 3.05) is 0 Å². The van der Waals surface area contributed by atoms with Crippen molar-refractivity contribution in [3.05, 3.63) is 148 Å². The van der Waals surface area contributed by atoms with Crippen LogP contribution in [0.1, 0.15) is 66.8 Å². The van der Waals surface area contributed by atoms with Crippen LogP contribution in [0.5, 0.6) is 0 Å². The Labute approximate surface area is 283 Å². The monoisotopic (exact) mass is 635 g/mol. The SMILES string of the molecule is CC1=C/C(=C(\N=N\c2ccccc2)c2cccc(C(/N=N/c3ccccc3)=C3/C=C(C)C(=O)C(C(C)(C)C)=C3)n2)C=C(C(C)(C)C)C1=O. The molecule has 2 aliphatic rings. The highest BCUT2D eigenvalue weighted by molar-refractivity contribution is 6.12. The highest BCUT2D eigenvalue weighted by Crippen LogP contribution is 2.38. The van der Waals surface area contributed by atoms with Gasteiger partial charge in [-0.05, 0) is 96.5 Å². The maximum Gasteiger partial charge on any atom is 0.185 e. The summed E-state index contributed by atoms with van der Waals surface area (Å²) in [5, 5.41) is 18.6. The lowest BCUT2D eigenvalue weighted by molar-refractivity contribution is -0.113. The molecule has 0 amide bonds. The predicted octanol–water partition coefficient (Wildman–Crippen LogP) is 11.1. The lowest BCUT2D eigenvalue weighted by atomic mass is 9.78. The number of carbonyl (C=O) groups excluding carboxylic acids is 2. The second-order valence-electron chi connectivity index (χ2n) is 14.0. The third-order valence-corrected chi connectivity index (χ3v) is 7.99. The molecule has 48 heavy (non-hydrogen) atoms. The lowest BCUT2D eigenvalue weighted by Crippen LogP contribution is -2.21. The van der Waals surface area contributed by atoms with E-state index in [-0.39, 0.29) is 22.4 Å². The molecule has 1 aromatic heterocycles. The smallest absolute Gasteiger partial charge is 0.185 e. The molecule has 0 spiro atoms. The predicted molar refractivity (Wildman–Crippen MR) is 193 cm³/mol. The molecule has 2 aliphatic carbocycles. The average Bonchev–Trinajstić information content (AvgIpc) is 3.04. The summed E-state index contributed by atoms with van der Waals surface area (Å²) in [6, 6.07) is 24.6. The normalized spacial score (nSPS) is 18.1. The Kier molecular flexibility index (Phi) is 9.71. The highest BCUT2D eigenvalue weighted by Gasteiger charge is 2.30. The number of nitrogens with zero attached hydrogens (tertiary/aromatic N) is 5. The first kappa shape index (κ1) is 33.9. The number of hydrogen-bond donors (Lipinski definition) is 0. The van der Waals surface area contributed by atoms with Gasteiger partial charge in [-0.15, -0.1) is 10.2 Å². The highest BCUT2D eigenvalue weighted by atomic mass is 16.1. The summed E-state index contributed by atoms with van der Waals surface area (Å²) < 4.78 is 0. The fourth-order valence-corrected chi connectivity index (χ4v) is 5.35. The Morgan fingerprint density at radius 1 is 0.521 bits per heavy atom. The number of benzene rings is 2. The third kappa shape index (κ3) is 7.74. The van der Waals surface area contributed by atoms with E-state index in [2.05, 4.69) is 10.2 Å². The minimum atomic E-state index is -0.385. The zero-order chi connectivity index (χ0) is 34.6. The van der Waals surface area contributed by atoms with E-state index >= 15 is 0 Å². The molecule has 0 atom stereocenters. The maximum absolute atomic E-state index is 13.2. The number of allylic oxidation sites excluding steroid dienone is 10. The molecule has 242 valence electrons. The number of Topliss-reactive ketones (excluding diaryl/α,β-unsaturated/α-hetero) is 2. The van der Waals surface area contributed by atoms with Crippen molar-refractivity contribution < 1.29 is 9.59 Å². The van der Waals surface area contributed by atoms with Gasteiger partial charge in [0.25, 0.3) is 0 Å². The number of aromatic nitrogens is 1. The molecule has 0 bridgehead atoms. The Bertz CT molecular complexity index is 1860. The van der Waals surface area contributed by atoms with Gasteiger partial charge in [-0.25, -0.2) is 4.98 Å². The van der Waals surface area contributed by atoms with Crippen molar-refractivity contribution in [2.45, 2.75) is 55.4 Å². The Balaban J connectivity index is 1.76. The van der Waals surface area contributed by atoms with E-state index in [9.17, 15) is 9.59 Å². The number of carbonyl (C=O) groups is 2. The topological polar surface area (TPSA) is 96.5 Å². The van der Waals surface area contributed by atoms with E-state index in [1.165, 1.54) is 0 Å². The summed E-state index contributed by atoms with van der Waals surface area (Å²) in [6.45, 7) is 15.8. The first-order valence-corrected chi connectivity index (χ1v) is 16.0. The molecule has 3 aromatic rings. The standard InChI is InChI=1S/C41H41N5O2/c1-26-22-28(24-32(38(26)47)40(3,4)5)36(45-43-30-16-11-9-12-17-30)34-20-15-21-35(42-34)37(46-44-31-18-13-10-14-19-31)29-23-27(2)39(48)33(25-29)41(6,7)8/h9-25H,1-8H3/b36-28+,37-29+,45-43+,46-44+. The van der Waals surface area contributed by atoms with Crippen molar-refractivity contribution in [2.24, 2.45) is 31.3 Å². The minimum absolute atomic E-state index is 0.0103. The van der Waals surface area contributed by atoms with Gasteiger partial charge in [0.1, 0.15) is 11.4 Å². The summed E-state index contributed by atoms with van der Waals surface area (Å²) in [5.74, 6) is 0.0205. The molecule has 7 heteroatoms. The molecule has 1 heterocycles. The minimum Gasteiger partial charge on any atom is -0.289 e. The first-order valence-electron chi connectivity index (χ1n) is 16.0. The van der Waals surface area contributed by atoms with Crippen molar-refractivity contribution in [3.63, 3.8) is 0 Å². The van der Waals surface area contributed by atoms with Gasteiger partial charge in [-0.3, -0.25) is 9.59 Å². The van der Waals surface area contributed by atoms with Crippen LogP contribution < -0.4 is 0 Å². The zero-order valence-corrected chi connectivity index (χ0v) is 28.9. The molecule has 0 aliphatic heterocycles. The van der Waals surface area contributed by atoms with Crippen LogP contribution in [0, 0.1) is 10.8 Å². The molecule has 7 nitrogen and oxygen atoms in total. The third-order valence-electron chi connectivity index (χ3n) is 7.99. The van der Waals surface area contributed by atoms with Crippen LogP contribution in [0.3, 0.4) is 0 Å². The fourth-order valence-electron chi connectivity index (χ4n) is 5.35. The van der Waals surface area contributed by atoms with Crippen LogP contribution in [0.4, 0.5) is 11.4 Å². The van der Waals surface area contributed by atoms with Crippen molar-refractivity contribution in [1.29, 1.82) is 0 Å².